The van der Waals surface area contributed by atoms with Crippen LogP contribution in [0.4, 0.5) is 0 Å². The van der Waals surface area contributed by atoms with Crippen molar-refractivity contribution in [3.63, 3.8) is 0 Å². The molecule has 1 unspecified atom stereocenters. The normalized spacial score (nSPS) is 22.0. The molecule has 1 amide bonds. The van der Waals surface area contributed by atoms with Gasteiger partial charge in [0, 0.05) is 18.9 Å². The van der Waals surface area contributed by atoms with E-state index in [-0.39, 0.29) is 30.3 Å². The number of carboxylic acids is 1. The van der Waals surface area contributed by atoms with Crippen molar-refractivity contribution in [3.05, 3.63) is 90.0 Å². The highest BCUT2D eigenvalue weighted by Crippen LogP contribution is 2.32. The molecule has 2 fully saturated rings. The van der Waals surface area contributed by atoms with E-state index in [9.17, 15) is 14.1 Å². The molecule has 2 N–H and O–H groups in total. The summed E-state index contributed by atoms with van der Waals surface area (Å²) in [5, 5.41) is 8.86. The zero-order valence-electron chi connectivity index (χ0n) is 22.5. The summed E-state index contributed by atoms with van der Waals surface area (Å²) in [5.41, 5.74) is 4.15. The van der Waals surface area contributed by atoms with E-state index in [2.05, 4.69) is 16.9 Å². The van der Waals surface area contributed by atoms with E-state index in [0.717, 1.165) is 52.8 Å². The molecule has 0 aromatic heterocycles. The predicted octanol–water partition coefficient (Wildman–Crippen LogP) is 5.14. The van der Waals surface area contributed by atoms with Crippen LogP contribution in [0.3, 0.4) is 0 Å². The van der Waals surface area contributed by atoms with Crippen LogP contribution in [0.5, 0.6) is 0 Å². The molecule has 2 atom stereocenters. The second-order valence-electron chi connectivity index (χ2n) is 10.6. The molecule has 3 aromatic carbocycles. The summed E-state index contributed by atoms with van der Waals surface area (Å²) < 4.78 is 22.0. The first-order chi connectivity index (χ1) is 19.5. The van der Waals surface area contributed by atoms with Crippen molar-refractivity contribution in [2.45, 2.75) is 55.5 Å². The molecule has 0 radical (unpaired) electrons. The third kappa shape index (κ3) is 7.12. The number of nitrogens with zero attached hydrogens (tertiary/aromatic N) is 1. The summed E-state index contributed by atoms with van der Waals surface area (Å²) in [4.78, 5) is 27.0. The molecule has 0 bridgehead atoms. The van der Waals surface area contributed by atoms with Gasteiger partial charge in [0.2, 0.25) is 5.91 Å². The monoisotopic (exact) mass is 560 g/mol. The number of carbonyl (C=O) groups is 2. The number of hydrogen-bond acceptors (Lipinski definition) is 5. The van der Waals surface area contributed by atoms with Crippen LogP contribution in [0, 0.1) is 5.92 Å². The van der Waals surface area contributed by atoms with Gasteiger partial charge in [-0.05, 0) is 78.6 Å². The fourth-order valence-electron chi connectivity index (χ4n) is 5.62. The van der Waals surface area contributed by atoms with Gasteiger partial charge in [-0.1, -0.05) is 54.6 Å². The molecule has 210 valence electrons. The van der Waals surface area contributed by atoms with Crippen LogP contribution < -0.4 is 4.72 Å². The van der Waals surface area contributed by atoms with Crippen LogP contribution in [-0.4, -0.2) is 52.2 Å². The van der Waals surface area contributed by atoms with Gasteiger partial charge in [0.05, 0.1) is 36.7 Å². The number of morpholine rings is 1. The average Bonchev–Trinajstić information content (AvgIpc) is 3.01. The fourth-order valence-corrected chi connectivity index (χ4v) is 6.67. The Morgan fingerprint density at radius 3 is 2.23 bits per heavy atom. The van der Waals surface area contributed by atoms with Gasteiger partial charge < -0.3 is 19.3 Å². The van der Waals surface area contributed by atoms with Gasteiger partial charge in [0.1, 0.15) is 0 Å². The largest absolute Gasteiger partial charge is 0.593 e. The second kappa shape index (κ2) is 13.5. The minimum atomic E-state index is -1.33. The highest BCUT2D eigenvalue weighted by Gasteiger charge is 2.35. The predicted molar refractivity (Wildman–Crippen MR) is 155 cm³/mol. The molecule has 3 aromatic rings. The van der Waals surface area contributed by atoms with E-state index < -0.39 is 17.3 Å². The molecular formula is C32H36N2O5S. The Balaban J connectivity index is 1.12. The lowest BCUT2D eigenvalue weighted by Gasteiger charge is -2.39. The standard InChI is InChI=1S/C32H36N2O5S/c35-31(36)19-8-23-6-9-24(10-7-23)25-13-17-29(18-14-25)40(38)33-28-15-11-27(12-16-28)32(37)34-20-21-39-22-30(34)26-4-2-1-3-5-26/h1-7,9-10,13-14,17-18,27-28,30,33H,8,11-12,15-16,19-22H2,(H,35,36)/t27-,28-,30-,40?/m1/s1. The molecule has 5 rings (SSSR count). The van der Waals surface area contributed by atoms with Crippen molar-refractivity contribution in [2.75, 3.05) is 19.8 Å². The van der Waals surface area contributed by atoms with Crippen molar-refractivity contribution in [2.24, 2.45) is 5.92 Å². The smallest absolute Gasteiger partial charge is 0.303 e. The van der Waals surface area contributed by atoms with Crippen LogP contribution in [0.1, 0.15) is 49.3 Å². The van der Waals surface area contributed by atoms with Gasteiger partial charge in [-0.3, -0.25) is 9.59 Å². The Bertz CT molecular complexity index is 1260. The van der Waals surface area contributed by atoms with E-state index in [0.29, 0.717) is 26.2 Å². The van der Waals surface area contributed by atoms with Gasteiger partial charge in [-0.15, -0.1) is 4.72 Å². The first kappa shape index (κ1) is 28.4. The van der Waals surface area contributed by atoms with E-state index in [4.69, 9.17) is 9.84 Å². The van der Waals surface area contributed by atoms with Gasteiger partial charge in [-0.2, -0.15) is 0 Å². The van der Waals surface area contributed by atoms with E-state index in [1.165, 1.54) is 0 Å². The molecule has 1 aliphatic heterocycles. The molecule has 0 spiro atoms. The maximum absolute atomic E-state index is 13.5. The topological polar surface area (TPSA) is 102 Å². The van der Waals surface area contributed by atoms with Crippen molar-refractivity contribution >= 4 is 23.2 Å². The van der Waals surface area contributed by atoms with Crippen molar-refractivity contribution in [1.82, 2.24) is 9.62 Å². The Morgan fingerprint density at radius 2 is 1.57 bits per heavy atom. The number of aliphatic carboxylic acids is 1. The Hall–Kier alpha value is -3.17. The minimum Gasteiger partial charge on any atom is -0.593 e. The summed E-state index contributed by atoms with van der Waals surface area (Å²) >= 11 is -1.33. The molecule has 1 saturated carbocycles. The highest BCUT2D eigenvalue weighted by molar-refractivity contribution is 7.89. The quantitative estimate of drug-likeness (QED) is 0.352. The summed E-state index contributed by atoms with van der Waals surface area (Å²) in [7, 11) is 0. The molecule has 2 aliphatic rings. The summed E-state index contributed by atoms with van der Waals surface area (Å²) in [6.07, 6.45) is 3.83. The maximum atomic E-state index is 13.5. The lowest BCUT2D eigenvalue weighted by molar-refractivity contribution is -0.145. The number of carboxylic acid groups (broad SMARTS) is 1. The molecule has 1 heterocycles. The average molecular weight is 561 g/mol. The number of benzene rings is 3. The molecule has 7 nitrogen and oxygen atoms in total. The minimum absolute atomic E-state index is 0.00871. The molecule has 8 heteroatoms. The Labute approximate surface area is 238 Å². The highest BCUT2D eigenvalue weighted by atomic mass is 32.2. The third-order valence-electron chi connectivity index (χ3n) is 7.93. The fraction of sp³-hybridized carbons (Fsp3) is 0.375. The first-order valence-electron chi connectivity index (χ1n) is 14.0. The third-order valence-corrected chi connectivity index (χ3v) is 9.18. The number of carbonyl (C=O) groups excluding carboxylic acids is 1. The zero-order valence-corrected chi connectivity index (χ0v) is 23.4. The number of ether oxygens (including phenoxy) is 1. The summed E-state index contributed by atoms with van der Waals surface area (Å²) in [6, 6.07) is 25.7. The number of amides is 1. The van der Waals surface area contributed by atoms with E-state index in [1.54, 1.807) is 0 Å². The zero-order chi connectivity index (χ0) is 27.9. The van der Waals surface area contributed by atoms with Gasteiger partial charge in [-0.25, -0.2) is 0 Å². The number of hydrogen-bond donors (Lipinski definition) is 2. The van der Waals surface area contributed by atoms with Crippen molar-refractivity contribution < 1.29 is 24.0 Å². The maximum Gasteiger partial charge on any atom is 0.303 e. The number of nitrogens with one attached hydrogen (secondary N) is 1. The Morgan fingerprint density at radius 1 is 0.925 bits per heavy atom. The molecule has 1 saturated heterocycles. The van der Waals surface area contributed by atoms with Crippen LogP contribution in [0.25, 0.3) is 11.1 Å². The van der Waals surface area contributed by atoms with Crippen molar-refractivity contribution in [3.8, 4) is 11.1 Å². The summed E-state index contributed by atoms with van der Waals surface area (Å²) in [5.74, 6) is -0.597. The molecule has 1 aliphatic carbocycles. The van der Waals surface area contributed by atoms with Crippen LogP contribution in [0.15, 0.2) is 83.8 Å². The molecular weight excluding hydrogens is 524 g/mol. The van der Waals surface area contributed by atoms with Crippen LogP contribution in [0.2, 0.25) is 0 Å². The number of rotatable bonds is 9. The first-order valence-corrected chi connectivity index (χ1v) is 15.1. The SMILES string of the molecule is O=C(O)CCc1ccc(-c2ccc([S+]([O-])N[C@H]3CC[C@H](C(=O)N4CCOC[C@@H]4c4ccccc4)CC3)cc2)cc1. The second-order valence-corrected chi connectivity index (χ2v) is 11.8. The lowest BCUT2D eigenvalue weighted by Crippen LogP contribution is -2.47. The van der Waals surface area contributed by atoms with Gasteiger partial charge in [0.25, 0.3) is 0 Å². The van der Waals surface area contributed by atoms with Gasteiger partial charge >= 0.3 is 5.97 Å². The van der Waals surface area contributed by atoms with Crippen LogP contribution >= 0.6 is 0 Å². The molecule has 40 heavy (non-hydrogen) atoms. The summed E-state index contributed by atoms with van der Waals surface area (Å²) in [6.45, 7) is 1.72. The van der Waals surface area contributed by atoms with E-state index >= 15 is 0 Å². The van der Waals surface area contributed by atoms with E-state index in [1.807, 2.05) is 71.6 Å². The lowest BCUT2D eigenvalue weighted by atomic mass is 9.85. The Kier molecular flexibility index (Phi) is 9.54. The van der Waals surface area contributed by atoms with Gasteiger partial charge in [0.15, 0.2) is 4.90 Å². The number of aryl methyl sites for hydroxylation is 1. The van der Waals surface area contributed by atoms with Crippen molar-refractivity contribution in [1.29, 1.82) is 0 Å². The van der Waals surface area contributed by atoms with Crippen LogP contribution in [-0.2, 0) is 32.1 Å².